The third-order valence-corrected chi connectivity index (χ3v) is 3.93. The molecule has 0 spiro atoms. The molecule has 2 N–H and O–H groups in total. The number of carbonyl (C=O) groups is 1. The number of anilines is 1. The molecule has 0 aliphatic rings. The van der Waals surface area contributed by atoms with Crippen molar-refractivity contribution in [1.82, 2.24) is 5.32 Å². The lowest BCUT2D eigenvalue weighted by molar-refractivity contribution is 0.0978. The third-order valence-electron chi connectivity index (χ3n) is 2.51. The van der Waals surface area contributed by atoms with E-state index in [0.29, 0.717) is 21.3 Å². The number of hydrogen-bond donors (Lipinski definition) is 2. The number of amides is 1. The van der Waals surface area contributed by atoms with E-state index in [1.807, 2.05) is 6.07 Å². The van der Waals surface area contributed by atoms with Crippen LogP contribution in [-0.4, -0.2) is 11.0 Å². The highest BCUT2D eigenvalue weighted by atomic mass is 127. The Morgan fingerprint density at radius 1 is 1.10 bits per heavy atom. The van der Waals surface area contributed by atoms with E-state index in [1.54, 1.807) is 36.4 Å². The van der Waals surface area contributed by atoms with E-state index in [4.69, 9.17) is 35.4 Å². The minimum atomic E-state index is -0.300. The van der Waals surface area contributed by atoms with Crippen LogP contribution in [0.5, 0.6) is 0 Å². The lowest BCUT2D eigenvalue weighted by atomic mass is 10.2. The Kier molecular flexibility index (Phi) is 5.80. The Morgan fingerprint density at radius 3 is 2.24 bits per heavy atom. The topological polar surface area (TPSA) is 41.1 Å². The van der Waals surface area contributed by atoms with Crippen LogP contribution in [0.3, 0.4) is 0 Å². The summed E-state index contributed by atoms with van der Waals surface area (Å²) >= 11 is 19.4. The van der Waals surface area contributed by atoms with Gasteiger partial charge in [0.25, 0.3) is 5.91 Å². The first-order valence-electron chi connectivity index (χ1n) is 5.79. The quantitative estimate of drug-likeness (QED) is 0.513. The van der Waals surface area contributed by atoms with Gasteiger partial charge in [0.15, 0.2) is 5.11 Å². The van der Waals surface area contributed by atoms with Gasteiger partial charge >= 0.3 is 0 Å². The number of rotatable bonds is 2. The molecule has 1 amide bonds. The van der Waals surface area contributed by atoms with Gasteiger partial charge in [0.05, 0.1) is 15.7 Å². The van der Waals surface area contributed by atoms with Crippen molar-refractivity contribution in [2.45, 2.75) is 0 Å². The second-order valence-corrected chi connectivity index (χ2v) is 6.49. The normalized spacial score (nSPS) is 10.0. The molecule has 0 unspecified atom stereocenters. The molecule has 0 bridgehead atoms. The molecule has 7 heteroatoms. The molecule has 108 valence electrons. The van der Waals surface area contributed by atoms with Crippen LogP contribution in [0.4, 0.5) is 5.69 Å². The summed E-state index contributed by atoms with van der Waals surface area (Å²) in [4.78, 5) is 12.0. The average molecular weight is 451 g/mol. The van der Waals surface area contributed by atoms with Crippen LogP contribution in [-0.2, 0) is 0 Å². The van der Waals surface area contributed by atoms with Crippen LogP contribution in [0.1, 0.15) is 10.4 Å². The lowest BCUT2D eigenvalue weighted by Gasteiger charge is -2.12. The molecular weight excluding hydrogens is 442 g/mol. The fourth-order valence-electron chi connectivity index (χ4n) is 1.57. The number of halogens is 3. The van der Waals surface area contributed by atoms with Crippen LogP contribution in [0, 0.1) is 3.57 Å². The molecule has 21 heavy (non-hydrogen) atoms. The zero-order chi connectivity index (χ0) is 15.4. The molecule has 3 nitrogen and oxygen atoms in total. The van der Waals surface area contributed by atoms with Crippen molar-refractivity contribution in [1.29, 1.82) is 0 Å². The van der Waals surface area contributed by atoms with E-state index >= 15 is 0 Å². The summed E-state index contributed by atoms with van der Waals surface area (Å²) in [5.74, 6) is -0.300. The molecule has 2 aromatic carbocycles. The van der Waals surface area contributed by atoms with Crippen LogP contribution in [0.25, 0.3) is 0 Å². The Morgan fingerprint density at radius 2 is 1.67 bits per heavy atom. The summed E-state index contributed by atoms with van der Waals surface area (Å²) < 4.78 is 0.910. The maximum Gasteiger partial charge on any atom is 0.257 e. The Bertz CT molecular complexity index is 672. The van der Waals surface area contributed by atoms with Crippen molar-refractivity contribution in [2.24, 2.45) is 0 Å². The Balaban J connectivity index is 2.08. The van der Waals surface area contributed by atoms with Crippen molar-refractivity contribution in [3.63, 3.8) is 0 Å². The maximum absolute atomic E-state index is 12.0. The molecule has 0 saturated carbocycles. The number of hydrogen-bond acceptors (Lipinski definition) is 2. The third kappa shape index (κ3) is 4.54. The molecule has 2 rings (SSSR count). The summed E-state index contributed by atoms with van der Waals surface area (Å²) in [5, 5.41) is 6.41. The van der Waals surface area contributed by atoms with Gasteiger partial charge in [-0.05, 0) is 59.1 Å². The summed E-state index contributed by atoms with van der Waals surface area (Å²) in [5.41, 5.74) is 0.985. The number of nitrogens with one attached hydrogen (secondary N) is 2. The van der Waals surface area contributed by atoms with Crippen molar-refractivity contribution in [2.75, 3.05) is 5.32 Å². The van der Waals surface area contributed by atoms with Gasteiger partial charge in [-0.3, -0.25) is 10.1 Å². The average Bonchev–Trinajstić information content (AvgIpc) is 2.43. The molecule has 0 atom stereocenters. The van der Waals surface area contributed by atoms with E-state index < -0.39 is 0 Å². The standard InChI is InChI=1S/C14H9Cl2IN2OS/c15-10-6-9(17)7-11(16)12(10)18-14(21)19-13(20)8-4-2-1-3-5-8/h1-7H,(H2,18,19,20,21). The van der Waals surface area contributed by atoms with Gasteiger partial charge in [-0.25, -0.2) is 0 Å². The van der Waals surface area contributed by atoms with Gasteiger partial charge in [-0.1, -0.05) is 41.4 Å². The zero-order valence-corrected chi connectivity index (χ0v) is 15.0. The van der Waals surface area contributed by atoms with Crippen molar-refractivity contribution >= 4 is 74.7 Å². The maximum atomic E-state index is 12.0. The number of benzene rings is 2. The van der Waals surface area contributed by atoms with Gasteiger partial charge in [0.2, 0.25) is 0 Å². The van der Waals surface area contributed by atoms with Gasteiger partial charge in [-0.15, -0.1) is 0 Å². The lowest BCUT2D eigenvalue weighted by Crippen LogP contribution is -2.34. The van der Waals surface area contributed by atoms with Crippen LogP contribution in [0.15, 0.2) is 42.5 Å². The zero-order valence-electron chi connectivity index (χ0n) is 10.5. The van der Waals surface area contributed by atoms with Crippen molar-refractivity contribution < 1.29 is 4.79 Å². The Labute approximate surface area is 151 Å². The molecule has 2 aromatic rings. The first kappa shape index (κ1) is 16.5. The minimum absolute atomic E-state index is 0.133. The minimum Gasteiger partial charge on any atom is -0.330 e. The fourth-order valence-corrected chi connectivity index (χ4v) is 3.34. The number of carbonyl (C=O) groups excluding carboxylic acids is 1. The molecule has 0 aromatic heterocycles. The first-order chi connectivity index (χ1) is 9.97. The van der Waals surface area contributed by atoms with E-state index in [9.17, 15) is 4.79 Å². The molecule has 0 saturated heterocycles. The molecule has 0 heterocycles. The van der Waals surface area contributed by atoms with Crippen LogP contribution >= 0.6 is 58.0 Å². The summed E-state index contributed by atoms with van der Waals surface area (Å²) in [6, 6.07) is 12.3. The number of thiocarbonyl (C=S) groups is 1. The summed E-state index contributed by atoms with van der Waals surface area (Å²) in [6.07, 6.45) is 0. The van der Waals surface area contributed by atoms with E-state index in [-0.39, 0.29) is 11.0 Å². The predicted octanol–water partition coefficient (Wildman–Crippen LogP) is 4.72. The molecule has 0 radical (unpaired) electrons. The monoisotopic (exact) mass is 450 g/mol. The smallest absolute Gasteiger partial charge is 0.257 e. The Hall–Kier alpha value is -0.890. The van der Waals surface area contributed by atoms with Gasteiger partial charge in [-0.2, -0.15) is 0 Å². The van der Waals surface area contributed by atoms with Gasteiger partial charge in [0.1, 0.15) is 0 Å². The first-order valence-corrected chi connectivity index (χ1v) is 8.03. The fraction of sp³-hybridized carbons (Fsp3) is 0. The van der Waals surface area contributed by atoms with Gasteiger partial charge in [0, 0.05) is 9.13 Å². The van der Waals surface area contributed by atoms with E-state index in [2.05, 4.69) is 33.2 Å². The molecular formula is C14H9Cl2IN2OS. The summed E-state index contributed by atoms with van der Waals surface area (Å²) in [7, 11) is 0. The summed E-state index contributed by atoms with van der Waals surface area (Å²) in [6.45, 7) is 0. The van der Waals surface area contributed by atoms with Gasteiger partial charge < -0.3 is 5.32 Å². The SMILES string of the molecule is O=C(NC(=S)Nc1c(Cl)cc(I)cc1Cl)c1ccccc1. The van der Waals surface area contributed by atoms with Crippen LogP contribution < -0.4 is 10.6 Å². The van der Waals surface area contributed by atoms with Crippen molar-refractivity contribution in [3.05, 3.63) is 61.6 Å². The van der Waals surface area contributed by atoms with Crippen LogP contribution in [0.2, 0.25) is 10.0 Å². The van der Waals surface area contributed by atoms with E-state index in [1.165, 1.54) is 0 Å². The highest BCUT2D eigenvalue weighted by molar-refractivity contribution is 14.1. The molecule has 0 fully saturated rings. The second-order valence-electron chi connectivity index (χ2n) is 4.02. The highest BCUT2D eigenvalue weighted by Crippen LogP contribution is 2.32. The molecule has 0 aliphatic carbocycles. The predicted molar refractivity (Wildman–Crippen MR) is 99.3 cm³/mol. The largest absolute Gasteiger partial charge is 0.330 e. The van der Waals surface area contributed by atoms with Crippen molar-refractivity contribution in [3.8, 4) is 0 Å². The highest BCUT2D eigenvalue weighted by Gasteiger charge is 2.11. The van der Waals surface area contributed by atoms with E-state index in [0.717, 1.165) is 3.57 Å². The second kappa shape index (κ2) is 7.40. The molecule has 0 aliphatic heterocycles.